The van der Waals surface area contributed by atoms with E-state index in [1.54, 1.807) is 30.5 Å². The van der Waals surface area contributed by atoms with Gasteiger partial charge in [0.2, 0.25) is 5.91 Å². The van der Waals surface area contributed by atoms with Crippen molar-refractivity contribution < 1.29 is 17.9 Å². The van der Waals surface area contributed by atoms with Crippen LogP contribution < -0.4 is 14.4 Å². The number of aryl methyl sites for hydroxylation is 2. The number of hydrogen-bond donors (Lipinski definition) is 1. The van der Waals surface area contributed by atoms with E-state index in [1.807, 2.05) is 48.9 Å². The summed E-state index contributed by atoms with van der Waals surface area (Å²) < 4.78 is 35.3. The van der Waals surface area contributed by atoms with Crippen LogP contribution in [0, 0.1) is 13.8 Å². The zero-order valence-corrected chi connectivity index (χ0v) is 22.3. The maximum Gasteiger partial charge on any atom is 0.264 e. The maximum atomic E-state index is 13.6. The molecule has 1 amide bonds. The minimum Gasteiger partial charge on any atom is -0.495 e. The zero-order valence-electron chi connectivity index (χ0n) is 20.7. The molecule has 1 heterocycles. The molecule has 0 saturated heterocycles. The minimum absolute atomic E-state index is 0.0724. The van der Waals surface area contributed by atoms with Crippen LogP contribution in [-0.4, -0.2) is 37.5 Å². The van der Waals surface area contributed by atoms with Crippen LogP contribution in [0.1, 0.15) is 17.0 Å². The number of carbonyl (C=O) groups is 1. The predicted molar refractivity (Wildman–Crippen MR) is 144 cm³/mol. The quantitative estimate of drug-likeness (QED) is 0.334. The Labute approximate surface area is 221 Å². The van der Waals surface area contributed by atoms with Gasteiger partial charge in [0, 0.05) is 24.6 Å². The van der Waals surface area contributed by atoms with Crippen molar-refractivity contribution in [3.05, 3.63) is 101 Å². The number of nitrogens with one attached hydrogen (secondary N) is 1. The van der Waals surface area contributed by atoms with E-state index in [9.17, 15) is 13.2 Å². The van der Waals surface area contributed by atoms with E-state index >= 15 is 0 Å². The number of benzene rings is 3. The topological polar surface area (TPSA) is 93.5 Å². The molecule has 4 aromatic rings. The number of halogens is 1. The van der Waals surface area contributed by atoms with E-state index in [2.05, 4.69) is 10.3 Å². The molecule has 0 bridgehead atoms. The molecule has 0 unspecified atom stereocenters. The summed E-state index contributed by atoms with van der Waals surface area (Å²) >= 11 is 6.28. The standard InChI is InChI=1S/C27H27ClN4O4S/c1-19-4-11-24(12-5-19)37(34,35)32(23-10-13-26(36-3)25(28)16-23)18-27(33)30-17-21-6-8-22(9-7-21)31-15-14-29-20(31)2/h4-16H,17-18H2,1-3H3,(H,30,33). The Morgan fingerprint density at radius 1 is 1.05 bits per heavy atom. The molecule has 0 aliphatic rings. The van der Waals surface area contributed by atoms with Gasteiger partial charge >= 0.3 is 0 Å². The van der Waals surface area contributed by atoms with Gasteiger partial charge in [0.15, 0.2) is 0 Å². The lowest BCUT2D eigenvalue weighted by molar-refractivity contribution is -0.119. The summed E-state index contributed by atoms with van der Waals surface area (Å²) in [5.74, 6) is 0.809. The summed E-state index contributed by atoms with van der Waals surface area (Å²) in [5, 5.41) is 3.05. The fourth-order valence-electron chi connectivity index (χ4n) is 3.78. The molecule has 8 nitrogen and oxygen atoms in total. The molecule has 0 fully saturated rings. The van der Waals surface area contributed by atoms with Crippen LogP contribution in [0.15, 0.2) is 84.0 Å². The second-order valence-corrected chi connectivity index (χ2v) is 10.7. The highest BCUT2D eigenvalue weighted by Crippen LogP contribution is 2.32. The Hall–Kier alpha value is -3.82. The molecule has 0 aliphatic heterocycles. The van der Waals surface area contributed by atoms with Gasteiger partial charge < -0.3 is 14.6 Å². The van der Waals surface area contributed by atoms with Gasteiger partial charge in [0.25, 0.3) is 10.0 Å². The fraction of sp³-hybridized carbons (Fsp3) is 0.185. The summed E-state index contributed by atoms with van der Waals surface area (Å²) in [5.41, 5.74) is 3.00. The molecule has 4 rings (SSSR count). The normalized spacial score (nSPS) is 11.2. The van der Waals surface area contributed by atoms with E-state index in [0.29, 0.717) is 5.75 Å². The molecular weight excluding hydrogens is 512 g/mol. The third kappa shape index (κ3) is 5.95. The number of ether oxygens (including phenoxy) is 1. The van der Waals surface area contributed by atoms with Crippen LogP contribution in [0.2, 0.25) is 5.02 Å². The van der Waals surface area contributed by atoms with Crippen LogP contribution in [0.5, 0.6) is 5.75 Å². The van der Waals surface area contributed by atoms with E-state index in [1.165, 1.54) is 25.3 Å². The Kier molecular flexibility index (Phi) is 7.85. The van der Waals surface area contributed by atoms with Crippen molar-refractivity contribution in [2.75, 3.05) is 18.0 Å². The number of rotatable bonds is 9. The van der Waals surface area contributed by atoms with Gasteiger partial charge in [-0.15, -0.1) is 0 Å². The third-order valence-electron chi connectivity index (χ3n) is 5.85. The third-order valence-corrected chi connectivity index (χ3v) is 7.93. The number of carbonyl (C=O) groups excluding carboxylic acids is 1. The summed E-state index contributed by atoms with van der Waals surface area (Å²) in [6.45, 7) is 3.60. The number of imidazole rings is 1. The Morgan fingerprint density at radius 2 is 1.76 bits per heavy atom. The van der Waals surface area contributed by atoms with Crippen LogP contribution in [-0.2, 0) is 21.4 Å². The first kappa shape index (κ1) is 26.2. The molecule has 0 atom stereocenters. The lowest BCUT2D eigenvalue weighted by atomic mass is 10.2. The summed E-state index contributed by atoms with van der Waals surface area (Å²) in [4.78, 5) is 17.2. The van der Waals surface area contributed by atoms with Crippen molar-refractivity contribution in [2.45, 2.75) is 25.3 Å². The SMILES string of the molecule is COc1ccc(N(CC(=O)NCc2ccc(-n3ccnc3C)cc2)S(=O)(=O)c2ccc(C)cc2)cc1Cl. The van der Waals surface area contributed by atoms with Crippen molar-refractivity contribution in [1.82, 2.24) is 14.9 Å². The molecule has 0 spiro atoms. The van der Waals surface area contributed by atoms with Gasteiger partial charge in [-0.1, -0.05) is 41.4 Å². The Morgan fingerprint density at radius 3 is 2.35 bits per heavy atom. The first-order valence-corrected chi connectivity index (χ1v) is 13.3. The van der Waals surface area contributed by atoms with Gasteiger partial charge in [0.1, 0.15) is 18.1 Å². The first-order chi connectivity index (χ1) is 17.7. The Balaban J connectivity index is 1.53. The number of nitrogens with zero attached hydrogens (tertiary/aromatic N) is 3. The molecular formula is C27H27ClN4O4S. The van der Waals surface area contributed by atoms with Crippen molar-refractivity contribution in [1.29, 1.82) is 0 Å². The molecule has 37 heavy (non-hydrogen) atoms. The molecule has 3 aromatic carbocycles. The lowest BCUT2D eigenvalue weighted by Gasteiger charge is -2.24. The number of hydrogen-bond acceptors (Lipinski definition) is 5. The monoisotopic (exact) mass is 538 g/mol. The number of sulfonamides is 1. The average molecular weight is 539 g/mol. The van der Waals surface area contributed by atoms with Crippen molar-refractivity contribution in [2.24, 2.45) is 0 Å². The number of anilines is 1. The van der Waals surface area contributed by atoms with Crippen molar-refractivity contribution in [3.63, 3.8) is 0 Å². The van der Waals surface area contributed by atoms with Gasteiger partial charge in [-0.25, -0.2) is 13.4 Å². The number of methoxy groups -OCH3 is 1. The van der Waals surface area contributed by atoms with Gasteiger partial charge in [-0.05, 0) is 61.9 Å². The van der Waals surface area contributed by atoms with Crippen molar-refractivity contribution >= 4 is 33.2 Å². The van der Waals surface area contributed by atoms with E-state index < -0.39 is 22.5 Å². The molecule has 10 heteroatoms. The predicted octanol–water partition coefficient (Wildman–Crippen LogP) is 4.66. The van der Waals surface area contributed by atoms with Gasteiger partial charge in [-0.3, -0.25) is 9.10 Å². The lowest BCUT2D eigenvalue weighted by Crippen LogP contribution is -2.40. The molecule has 0 saturated carbocycles. The highest BCUT2D eigenvalue weighted by molar-refractivity contribution is 7.92. The minimum atomic E-state index is -4.06. The highest BCUT2D eigenvalue weighted by Gasteiger charge is 2.27. The summed E-state index contributed by atoms with van der Waals surface area (Å²) in [6.07, 6.45) is 3.61. The maximum absolute atomic E-state index is 13.6. The second kappa shape index (κ2) is 11.1. The molecule has 0 radical (unpaired) electrons. The van der Waals surface area contributed by atoms with Gasteiger partial charge in [0.05, 0.1) is 22.7 Å². The Bertz CT molecular complexity index is 1500. The van der Waals surface area contributed by atoms with Crippen LogP contribution in [0.25, 0.3) is 5.69 Å². The summed E-state index contributed by atoms with van der Waals surface area (Å²) in [6, 6.07) is 18.7. The molecule has 192 valence electrons. The molecule has 1 aromatic heterocycles. The zero-order chi connectivity index (χ0) is 26.6. The number of amides is 1. The molecule has 0 aliphatic carbocycles. The smallest absolute Gasteiger partial charge is 0.264 e. The van der Waals surface area contributed by atoms with E-state index in [4.69, 9.17) is 16.3 Å². The van der Waals surface area contributed by atoms with E-state index in [-0.39, 0.29) is 22.2 Å². The number of aromatic nitrogens is 2. The highest BCUT2D eigenvalue weighted by atomic mass is 35.5. The van der Waals surface area contributed by atoms with Gasteiger partial charge in [-0.2, -0.15) is 0 Å². The first-order valence-electron chi connectivity index (χ1n) is 11.5. The van der Waals surface area contributed by atoms with E-state index in [0.717, 1.165) is 26.9 Å². The molecule has 1 N–H and O–H groups in total. The average Bonchev–Trinajstić information content (AvgIpc) is 3.32. The van der Waals surface area contributed by atoms with Crippen LogP contribution in [0.4, 0.5) is 5.69 Å². The fourth-order valence-corrected chi connectivity index (χ4v) is 5.44. The van der Waals surface area contributed by atoms with Crippen LogP contribution >= 0.6 is 11.6 Å². The van der Waals surface area contributed by atoms with Crippen molar-refractivity contribution in [3.8, 4) is 11.4 Å². The largest absolute Gasteiger partial charge is 0.495 e. The second-order valence-electron chi connectivity index (χ2n) is 8.43. The van der Waals surface area contributed by atoms with Crippen LogP contribution in [0.3, 0.4) is 0 Å². The summed E-state index contributed by atoms with van der Waals surface area (Å²) in [7, 11) is -2.59.